The fourth-order valence-corrected chi connectivity index (χ4v) is 6.22. The summed E-state index contributed by atoms with van der Waals surface area (Å²) in [6, 6.07) is 19.7. The van der Waals surface area contributed by atoms with Gasteiger partial charge in [0.1, 0.15) is 12.3 Å². The molecule has 0 saturated heterocycles. The Hall–Kier alpha value is -3.32. The highest BCUT2D eigenvalue weighted by atomic mass is 32.2. The molecule has 1 amide bonds. The van der Waals surface area contributed by atoms with Crippen LogP contribution in [-0.4, -0.2) is 28.0 Å². The lowest BCUT2D eigenvalue weighted by Gasteiger charge is -2.27. The summed E-state index contributed by atoms with van der Waals surface area (Å²) in [5.41, 5.74) is 4.98. The Bertz CT molecular complexity index is 1320. The van der Waals surface area contributed by atoms with E-state index in [1.54, 1.807) is 30.3 Å². The van der Waals surface area contributed by atoms with Crippen LogP contribution in [0.4, 0.5) is 5.69 Å². The number of nitrogens with zero attached hydrogens (tertiary/aromatic N) is 1. The van der Waals surface area contributed by atoms with Gasteiger partial charge < -0.3 is 10.1 Å². The van der Waals surface area contributed by atoms with E-state index in [-0.39, 0.29) is 23.4 Å². The lowest BCUT2D eigenvalue weighted by molar-refractivity contribution is -0.120. The maximum absolute atomic E-state index is 13.7. The Morgan fingerprint density at radius 1 is 1.00 bits per heavy atom. The highest BCUT2D eigenvalue weighted by molar-refractivity contribution is 7.92. The molecule has 7 heteroatoms. The zero-order valence-corrected chi connectivity index (χ0v) is 22.0. The van der Waals surface area contributed by atoms with Crippen molar-refractivity contribution >= 4 is 21.6 Å². The van der Waals surface area contributed by atoms with Gasteiger partial charge in [-0.15, -0.1) is 0 Å². The molecule has 0 heterocycles. The molecule has 0 radical (unpaired) electrons. The molecule has 1 N–H and O–H groups in total. The first-order chi connectivity index (χ1) is 17.3. The second kappa shape index (κ2) is 11.2. The number of rotatable bonds is 9. The average Bonchev–Trinajstić information content (AvgIpc) is 2.90. The second-order valence-corrected chi connectivity index (χ2v) is 11.1. The van der Waals surface area contributed by atoms with Crippen LogP contribution in [-0.2, 0) is 27.7 Å². The number of carbonyl (C=O) groups excluding carboxylic acids is 1. The average molecular weight is 507 g/mol. The maximum Gasteiger partial charge on any atom is 0.264 e. The monoisotopic (exact) mass is 506 g/mol. The van der Waals surface area contributed by atoms with E-state index < -0.39 is 10.0 Å². The number of carbonyl (C=O) groups is 1. The number of fused-ring (bicyclic) bond motifs is 1. The van der Waals surface area contributed by atoms with Crippen molar-refractivity contribution in [2.45, 2.75) is 56.9 Å². The first-order valence-electron chi connectivity index (χ1n) is 12.5. The summed E-state index contributed by atoms with van der Waals surface area (Å²) >= 11 is 0. The van der Waals surface area contributed by atoms with E-state index in [0.717, 1.165) is 28.3 Å². The lowest BCUT2D eigenvalue weighted by Crippen LogP contribution is -2.42. The minimum Gasteiger partial charge on any atom is -0.495 e. The summed E-state index contributed by atoms with van der Waals surface area (Å²) in [5, 5.41) is 3.08. The molecule has 4 rings (SSSR count). The predicted octanol–water partition coefficient (Wildman–Crippen LogP) is 5.35. The molecule has 0 spiro atoms. The van der Waals surface area contributed by atoms with Gasteiger partial charge in [-0.25, -0.2) is 8.42 Å². The number of anilines is 1. The molecule has 0 unspecified atom stereocenters. The standard InChI is InChI=1S/C29H34N2O4S/c1-4-26(24-16-15-22-10-8-9-11-23(22)19-24)30-29(32)20-31(27-18-21(2)14-17-28(27)35-3)36(33,34)25-12-6-5-7-13-25/h5-7,12-19,26H,4,8-11,20H2,1-3H3,(H,30,32)/t26-/m0/s1. The van der Waals surface area contributed by atoms with E-state index >= 15 is 0 Å². The van der Waals surface area contributed by atoms with Crippen molar-refractivity contribution in [3.8, 4) is 5.75 Å². The van der Waals surface area contributed by atoms with Crippen LogP contribution in [0.1, 0.15) is 54.5 Å². The Labute approximate surface area is 214 Å². The maximum atomic E-state index is 13.7. The van der Waals surface area contributed by atoms with E-state index in [1.165, 1.54) is 43.2 Å². The summed E-state index contributed by atoms with van der Waals surface area (Å²) in [6.45, 7) is 3.53. The zero-order chi connectivity index (χ0) is 25.7. The zero-order valence-electron chi connectivity index (χ0n) is 21.2. The Kier molecular flexibility index (Phi) is 7.99. The molecule has 0 saturated carbocycles. The first-order valence-corrected chi connectivity index (χ1v) is 13.9. The van der Waals surface area contributed by atoms with Gasteiger partial charge in [0.2, 0.25) is 5.91 Å². The molecule has 0 fully saturated rings. The van der Waals surface area contributed by atoms with E-state index in [2.05, 4.69) is 23.5 Å². The number of hydrogen-bond donors (Lipinski definition) is 1. The highest BCUT2D eigenvalue weighted by Crippen LogP contribution is 2.33. The van der Waals surface area contributed by atoms with Crippen molar-refractivity contribution in [2.24, 2.45) is 0 Å². The van der Waals surface area contributed by atoms with Crippen molar-refractivity contribution < 1.29 is 17.9 Å². The van der Waals surface area contributed by atoms with Gasteiger partial charge in [0.25, 0.3) is 10.0 Å². The van der Waals surface area contributed by atoms with Crippen molar-refractivity contribution in [1.82, 2.24) is 5.32 Å². The molecule has 0 bridgehead atoms. The fourth-order valence-electron chi connectivity index (χ4n) is 4.78. The quantitative estimate of drug-likeness (QED) is 0.425. The molecular weight excluding hydrogens is 472 g/mol. The molecule has 190 valence electrons. The molecule has 1 aliphatic rings. The number of benzene rings is 3. The van der Waals surface area contributed by atoms with Gasteiger partial charge in [-0.3, -0.25) is 9.10 Å². The van der Waals surface area contributed by atoms with Crippen LogP contribution >= 0.6 is 0 Å². The SMILES string of the molecule is CC[C@H](NC(=O)CN(c1cc(C)ccc1OC)S(=O)(=O)c1ccccc1)c1ccc2c(c1)CCCC2. The topological polar surface area (TPSA) is 75.7 Å². The minimum absolute atomic E-state index is 0.114. The summed E-state index contributed by atoms with van der Waals surface area (Å²) < 4.78 is 34.1. The van der Waals surface area contributed by atoms with Crippen LogP contribution in [0.25, 0.3) is 0 Å². The Morgan fingerprint density at radius 3 is 2.42 bits per heavy atom. The highest BCUT2D eigenvalue weighted by Gasteiger charge is 2.30. The van der Waals surface area contributed by atoms with E-state index in [9.17, 15) is 13.2 Å². The van der Waals surface area contributed by atoms with Gasteiger partial charge in [0.15, 0.2) is 0 Å². The van der Waals surface area contributed by atoms with Crippen molar-refractivity contribution in [1.29, 1.82) is 0 Å². The second-order valence-electron chi connectivity index (χ2n) is 9.26. The summed E-state index contributed by atoms with van der Waals surface area (Å²) in [4.78, 5) is 13.5. The number of ether oxygens (including phenoxy) is 1. The third-order valence-corrected chi connectivity index (χ3v) is 8.51. The number of methoxy groups -OCH3 is 1. The van der Waals surface area contributed by atoms with Crippen molar-refractivity contribution in [3.63, 3.8) is 0 Å². The summed E-state index contributed by atoms with van der Waals surface area (Å²) in [7, 11) is -2.53. The van der Waals surface area contributed by atoms with Crippen molar-refractivity contribution in [2.75, 3.05) is 18.0 Å². The van der Waals surface area contributed by atoms with Gasteiger partial charge >= 0.3 is 0 Å². The molecule has 3 aromatic carbocycles. The number of hydrogen-bond acceptors (Lipinski definition) is 4. The van der Waals surface area contributed by atoms with Crippen molar-refractivity contribution in [3.05, 3.63) is 89.0 Å². The number of amides is 1. The lowest BCUT2D eigenvalue weighted by atomic mass is 9.89. The van der Waals surface area contributed by atoms with E-state index in [1.807, 2.05) is 19.9 Å². The largest absolute Gasteiger partial charge is 0.495 e. The smallest absolute Gasteiger partial charge is 0.264 e. The first kappa shape index (κ1) is 25.8. The van der Waals surface area contributed by atoms with Gasteiger partial charge in [0.05, 0.1) is 23.7 Å². The van der Waals surface area contributed by atoms with Gasteiger partial charge in [-0.1, -0.05) is 49.4 Å². The molecule has 3 aromatic rings. The molecule has 1 atom stereocenters. The Morgan fingerprint density at radius 2 is 1.72 bits per heavy atom. The molecule has 6 nitrogen and oxygen atoms in total. The molecule has 0 aromatic heterocycles. The number of sulfonamides is 1. The van der Waals surface area contributed by atoms with Gasteiger partial charge in [-0.05, 0) is 85.5 Å². The normalized spacial score (nSPS) is 14.0. The molecule has 1 aliphatic carbocycles. The molecular formula is C29H34N2O4S. The van der Waals surface area contributed by atoms with Gasteiger partial charge in [0, 0.05) is 0 Å². The third-order valence-electron chi connectivity index (χ3n) is 6.74. The van der Waals surface area contributed by atoms with Gasteiger partial charge in [-0.2, -0.15) is 0 Å². The Balaban J connectivity index is 1.64. The fraction of sp³-hybridized carbons (Fsp3) is 0.345. The van der Waals surface area contributed by atoms with Crippen LogP contribution in [0.15, 0.2) is 71.6 Å². The van der Waals surface area contributed by atoms with Crippen LogP contribution in [0, 0.1) is 6.92 Å². The summed E-state index contributed by atoms with van der Waals surface area (Å²) in [5.74, 6) is 0.0114. The molecule has 36 heavy (non-hydrogen) atoms. The number of nitrogens with one attached hydrogen (secondary N) is 1. The van der Waals surface area contributed by atoms with E-state index in [4.69, 9.17) is 4.74 Å². The third kappa shape index (κ3) is 5.57. The minimum atomic E-state index is -4.03. The summed E-state index contributed by atoms with van der Waals surface area (Å²) in [6.07, 6.45) is 5.26. The van der Waals surface area contributed by atoms with Crippen LogP contribution < -0.4 is 14.4 Å². The van der Waals surface area contributed by atoms with E-state index in [0.29, 0.717) is 17.9 Å². The molecule has 0 aliphatic heterocycles. The predicted molar refractivity (Wildman–Crippen MR) is 143 cm³/mol. The number of aryl methyl sites for hydroxylation is 3. The van der Waals surface area contributed by atoms with Crippen LogP contribution in [0.2, 0.25) is 0 Å². The van der Waals surface area contributed by atoms with Crippen LogP contribution in [0.3, 0.4) is 0 Å². The van der Waals surface area contributed by atoms with Crippen LogP contribution in [0.5, 0.6) is 5.75 Å².